The molecule has 112 valence electrons. The second-order valence-corrected chi connectivity index (χ2v) is 4.96. The van der Waals surface area contributed by atoms with Crippen molar-refractivity contribution in [3.05, 3.63) is 35.9 Å². The predicted molar refractivity (Wildman–Crippen MR) is 79.4 cm³/mol. The van der Waals surface area contributed by atoms with Gasteiger partial charge in [-0.3, -0.25) is 4.79 Å². The summed E-state index contributed by atoms with van der Waals surface area (Å²) < 4.78 is 10.6. The summed E-state index contributed by atoms with van der Waals surface area (Å²) >= 11 is 0. The van der Waals surface area contributed by atoms with Crippen LogP contribution in [-0.2, 0) is 20.9 Å². The van der Waals surface area contributed by atoms with Crippen LogP contribution in [0.2, 0.25) is 0 Å². The minimum atomic E-state index is -0.176. The van der Waals surface area contributed by atoms with Crippen LogP contribution in [0.1, 0.15) is 26.3 Å². The van der Waals surface area contributed by atoms with Gasteiger partial charge in [-0.15, -0.1) is 0 Å². The van der Waals surface area contributed by atoms with Gasteiger partial charge in [-0.05, 0) is 19.4 Å². The Bertz CT molecular complexity index is 381. The first kappa shape index (κ1) is 16.7. The number of benzene rings is 1. The first-order chi connectivity index (χ1) is 9.63. The molecule has 0 fully saturated rings. The molecule has 2 unspecified atom stereocenters. The largest absolute Gasteiger partial charge is 0.461 e. The lowest BCUT2D eigenvalue weighted by Gasteiger charge is -2.17. The molecule has 0 aliphatic rings. The van der Waals surface area contributed by atoms with Gasteiger partial charge < -0.3 is 14.8 Å². The van der Waals surface area contributed by atoms with Gasteiger partial charge >= 0.3 is 5.97 Å². The van der Waals surface area contributed by atoms with Crippen LogP contribution in [-0.4, -0.2) is 31.8 Å². The molecule has 0 saturated heterocycles. The van der Waals surface area contributed by atoms with Gasteiger partial charge in [0.05, 0.1) is 12.5 Å². The fourth-order valence-electron chi connectivity index (χ4n) is 1.69. The van der Waals surface area contributed by atoms with Crippen LogP contribution >= 0.6 is 0 Å². The summed E-state index contributed by atoms with van der Waals surface area (Å²) in [7, 11) is 0. The van der Waals surface area contributed by atoms with Crippen LogP contribution in [0, 0.1) is 5.92 Å². The van der Waals surface area contributed by atoms with Crippen LogP contribution in [0.5, 0.6) is 0 Å². The smallest absolute Gasteiger partial charge is 0.310 e. The van der Waals surface area contributed by atoms with Crippen molar-refractivity contribution in [2.75, 3.05) is 19.8 Å². The van der Waals surface area contributed by atoms with Gasteiger partial charge in [0.1, 0.15) is 6.61 Å². The van der Waals surface area contributed by atoms with Crippen molar-refractivity contribution in [2.45, 2.75) is 33.4 Å². The summed E-state index contributed by atoms with van der Waals surface area (Å²) in [6, 6.07) is 9.94. The maximum Gasteiger partial charge on any atom is 0.310 e. The molecular formula is C16H25NO3. The van der Waals surface area contributed by atoms with Gasteiger partial charge in [0.15, 0.2) is 0 Å². The third-order valence-corrected chi connectivity index (χ3v) is 2.97. The quantitative estimate of drug-likeness (QED) is 0.705. The van der Waals surface area contributed by atoms with E-state index < -0.39 is 0 Å². The zero-order chi connectivity index (χ0) is 14.8. The van der Waals surface area contributed by atoms with Crippen molar-refractivity contribution in [3.8, 4) is 0 Å². The molecule has 4 heteroatoms. The third kappa shape index (κ3) is 6.68. The standard InChI is InChI=1S/C16H25NO3/c1-4-19-11-14(3)17-10-13(2)16(18)20-12-15-8-6-5-7-9-15/h5-9,13-14,17H,4,10-12H2,1-3H3. The highest BCUT2D eigenvalue weighted by Crippen LogP contribution is 2.04. The van der Waals surface area contributed by atoms with Crippen molar-refractivity contribution in [2.24, 2.45) is 5.92 Å². The minimum absolute atomic E-state index is 0.164. The molecule has 0 heterocycles. The lowest BCUT2D eigenvalue weighted by Crippen LogP contribution is -2.36. The Labute approximate surface area is 121 Å². The molecule has 1 aromatic rings. The van der Waals surface area contributed by atoms with E-state index in [9.17, 15) is 4.79 Å². The topological polar surface area (TPSA) is 47.6 Å². The second-order valence-electron chi connectivity index (χ2n) is 4.96. The highest BCUT2D eigenvalue weighted by Gasteiger charge is 2.15. The Kier molecular flexibility index (Phi) is 7.92. The SMILES string of the molecule is CCOCC(C)NCC(C)C(=O)OCc1ccccc1. The number of nitrogens with one attached hydrogen (secondary N) is 1. The molecule has 0 spiro atoms. The fourth-order valence-corrected chi connectivity index (χ4v) is 1.69. The molecule has 1 rings (SSSR count). The first-order valence-corrected chi connectivity index (χ1v) is 7.15. The van der Waals surface area contributed by atoms with Crippen LogP contribution in [0.4, 0.5) is 0 Å². The molecule has 0 aliphatic heterocycles. The van der Waals surface area contributed by atoms with Gasteiger partial charge in [-0.1, -0.05) is 37.3 Å². The van der Waals surface area contributed by atoms with Crippen LogP contribution in [0.3, 0.4) is 0 Å². The molecule has 0 saturated carbocycles. The number of carbonyl (C=O) groups excluding carboxylic acids is 1. The molecular weight excluding hydrogens is 254 g/mol. The Morgan fingerprint density at radius 2 is 1.95 bits per heavy atom. The average molecular weight is 279 g/mol. The zero-order valence-electron chi connectivity index (χ0n) is 12.6. The molecule has 0 bridgehead atoms. The van der Waals surface area contributed by atoms with Crippen LogP contribution in [0.15, 0.2) is 30.3 Å². The van der Waals surface area contributed by atoms with Gasteiger partial charge in [0, 0.05) is 19.2 Å². The van der Waals surface area contributed by atoms with E-state index in [1.807, 2.05) is 51.1 Å². The molecule has 0 aliphatic carbocycles. The Morgan fingerprint density at radius 3 is 2.60 bits per heavy atom. The average Bonchev–Trinajstić information content (AvgIpc) is 2.49. The number of ether oxygens (including phenoxy) is 2. The number of hydrogen-bond acceptors (Lipinski definition) is 4. The Morgan fingerprint density at radius 1 is 1.25 bits per heavy atom. The highest BCUT2D eigenvalue weighted by atomic mass is 16.5. The minimum Gasteiger partial charge on any atom is -0.461 e. The summed E-state index contributed by atoms with van der Waals surface area (Å²) in [6.07, 6.45) is 0. The Hall–Kier alpha value is -1.39. The number of rotatable bonds is 9. The first-order valence-electron chi connectivity index (χ1n) is 7.15. The molecule has 0 aromatic heterocycles. The second kappa shape index (κ2) is 9.50. The van der Waals surface area contributed by atoms with E-state index in [4.69, 9.17) is 9.47 Å². The van der Waals surface area contributed by atoms with Gasteiger partial charge in [0.2, 0.25) is 0 Å². The van der Waals surface area contributed by atoms with Crippen molar-refractivity contribution in [1.82, 2.24) is 5.32 Å². The van der Waals surface area contributed by atoms with E-state index in [0.29, 0.717) is 26.4 Å². The van der Waals surface area contributed by atoms with Crippen LogP contribution in [0.25, 0.3) is 0 Å². The van der Waals surface area contributed by atoms with E-state index in [0.717, 1.165) is 5.56 Å². The monoisotopic (exact) mass is 279 g/mol. The van der Waals surface area contributed by atoms with Gasteiger partial charge in [0.25, 0.3) is 0 Å². The van der Waals surface area contributed by atoms with E-state index in [1.54, 1.807) is 0 Å². The lowest BCUT2D eigenvalue weighted by molar-refractivity contribution is -0.149. The van der Waals surface area contributed by atoms with Crippen molar-refractivity contribution in [3.63, 3.8) is 0 Å². The van der Waals surface area contributed by atoms with Crippen molar-refractivity contribution < 1.29 is 14.3 Å². The number of carbonyl (C=O) groups is 1. The van der Waals surface area contributed by atoms with E-state index >= 15 is 0 Å². The zero-order valence-corrected chi connectivity index (χ0v) is 12.6. The van der Waals surface area contributed by atoms with Crippen LogP contribution < -0.4 is 5.32 Å². The third-order valence-electron chi connectivity index (χ3n) is 2.97. The maximum atomic E-state index is 11.8. The van der Waals surface area contributed by atoms with E-state index in [1.165, 1.54) is 0 Å². The summed E-state index contributed by atoms with van der Waals surface area (Å²) in [5, 5.41) is 3.27. The fraction of sp³-hybridized carbons (Fsp3) is 0.562. The number of esters is 1. The van der Waals surface area contributed by atoms with Gasteiger partial charge in [-0.2, -0.15) is 0 Å². The van der Waals surface area contributed by atoms with E-state index in [2.05, 4.69) is 5.32 Å². The lowest BCUT2D eigenvalue weighted by atomic mass is 10.1. The summed E-state index contributed by atoms with van der Waals surface area (Å²) in [5.74, 6) is -0.340. The van der Waals surface area contributed by atoms with E-state index in [-0.39, 0.29) is 17.9 Å². The molecule has 1 aromatic carbocycles. The van der Waals surface area contributed by atoms with Gasteiger partial charge in [-0.25, -0.2) is 0 Å². The number of hydrogen-bond donors (Lipinski definition) is 1. The highest BCUT2D eigenvalue weighted by molar-refractivity contribution is 5.72. The molecule has 4 nitrogen and oxygen atoms in total. The molecule has 1 N–H and O–H groups in total. The normalized spacial score (nSPS) is 13.8. The predicted octanol–water partition coefficient (Wildman–Crippen LogP) is 2.38. The summed E-state index contributed by atoms with van der Waals surface area (Å²) in [5.41, 5.74) is 1.01. The maximum absolute atomic E-state index is 11.8. The Balaban J connectivity index is 2.22. The molecule has 0 radical (unpaired) electrons. The molecule has 20 heavy (non-hydrogen) atoms. The molecule has 0 amide bonds. The van der Waals surface area contributed by atoms with Crippen molar-refractivity contribution >= 4 is 5.97 Å². The summed E-state index contributed by atoms with van der Waals surface area (Å²) in [4.78, 5) is 11.8. The summed E-state index contributed by atoms with van der Waals surface area (Å²) in [6.45, 7) is 8.17. The van der Waals surface area contributed by atoms with Crippen molar-refractivity contribution in [1.29, 1.82) is 0 Å². The molecule has 2 atom stereocenters.